The topological polar surface area (TPSA) is 30.5 Å². The second kappa shape index (κ2) is 9.55. The van der Waals surface area contributed by atoms with Crippen LogP contribution in [0.25, 0.3) is 0 Å². The van der Waals surface area contributed by atoms with Crippen molar-refractivity contribution < 1.29 is 9.47 Å². The molecule has 1 atom stereocenters. The SMILES string of the molecule is CCOc1cccc(CN[C@H](C)CC)c1OCc1ccccc1Cl. The molecule has 0 bridgehead atoms. The van der Waals surface area contributed by atoms with E-state index in [0.29, 0.717) is 24.3 Å². The molecular weight excluding hydrogens is 322 g/mol. The molecule has 0 fully saturated rings. The molecule has 4 heteroatoms. The Morgan fingerprint density at radius 3 is 2.46 bits per heavy atom. The van der Waals surface area contributed by atoms with E-state index in [2.05, 4.69) is 25.2 Å². The molecule has 0 heterocycles. The molecule has 0 saturated carbocycles. The van der Waals surface area contributed by atoms with Gasteiger partial charge in [-0.2, -0.15) is 0 Å². The summed E-state index contributed by atoms with van der Waals surface area (Å²) in [6.07, 6.45) is 1.08. The summed E-state index contributed by atoms with van der Waals surface area (Å²) in [6, 6.07) is 14.2. The third-order valence-electron chi connectivity index (χ3n) is 3.94. The lowest BCUT2D eigenvalue weighted by molar-refractivity contribution is 0.266. The van der Waals surface area contributed by atoms with Gasteiger partial charge < -0.3 is 14.8 Å². The Bertz CT molecular complexity index is 645. The molecule has 0 aromatic heterocycles. The van der Waals surface area contributed by atoms with Crippen molar-refractivity contribution in [1.29, 1.82) is 0 Å². The number of hydrogen-bond donors (Lipinski definition) is 1. The van der Waals surface area contributed by atoms with Crippen LogP contribution in [0.1, 0.15) is 38.3 Å². The van der Waals surface area contributed by atoms with Crippen molar-refractivity contribution in [2.45, 2.75) is 46.4 Å². The molecule has 2 aromatic carbocycles. The summed E-state index contributed by atoms with van der Waals surface area (Å²) in [7, 11) is 0. The molecule has 0 amide bonds. The van der Waals surface area contributed by atoms with E-state index in [-0.39, 0.29) is 0 Å². The first-order valence-electron chi connectivity index (χ1n) is 8.50. The average molecular weight is 348 g/mol. The average Bonchev–Trinajstić information content (AvgIpc) is 2.60. The number of para-hydroxylation sites is 1. The van der Waals surface area contributed by atoms with Crippen LogP contribution in [0.5, 0.6) is 11.5 Å². The number of halogens is 1. The van der Waals surface area contributed by atoms with Crippen LogP contribution >= 0.6 is 11.6 Å². The summed E-state index contributed by atoms with van der Waals surface area (Å²) < 4.78 is 11.8. The lowest BCUT2D eigenvalue weighted by Crippen LogP contribution is -2.24. The molecule has 0 spiro atoms. The molecule has 2 aromatic rings. The highest BCUT2D eigenvalue weighted by molar-refractivity contribution is 6.31. The fourth-order valence-corrected chi connectivity index (χ4v) is 2.52. The van der Waals surface area contributed by atoms with Crippen LogP contribution in [0.3, 0.4) is 0 Å². The van der Waals surface area contributed by atoms with Crippen molar-refractivity contribution in [2.24, 2.45) is 0 Å². The van der Waals surface area contributed by atoms with Crippen molar-refractivity contribution in [1.82, 2.24) is 5.32 Å². The maximum Gasteiger partial charge on any atom is 0.166 e. The molecular formula is C20H26ClNO2. The highest BCUT2D eigenvalue weighted by atomic mass is 35.5. The molecule has 2 rings (SSSR count). The number of nitrogens with one attached hydrogen (secondary N) is 1. The first-order chi connectivity index (χ1) is 11.7. The van der Waals surface area contributed by atoms with E-state index in [0.717, 1.165) is 35.6 Å². The summed E-state index contributed by atoms with van der Waals surface area (Å²) in [5.74, 6) is 1.56. The third-order valence-corrected chi connectivity index (χ3v) is 4.31. The smallest absolute Gasteiger partial charge is 0.166 e. The monoisotopic (exact) mass is 347 g/mol. The first-order valence-corrected chi connectivity index (χ1v) is 8.87. The number of hydrogen-bond acceptors (Lipinski definition) is 3. The van der Waals surface area contributed by atoms with Gasteiger partial charge in [-0.25, -0.2) is 0 Å². The minimum absolute atomic E-state index is 0.417. The van der Waals surface area contributed by atoms with E-state index >= 15 is 0 Å². The quantitative estimate of drug-likeness (QED) is 0.675. The van der Waals surface area contributed by atoms with Crippen LogP contribution in [0, 0.1) is 0 Å². The zero-order valence-electron chi connectivity index (χ0n) is 14.6. The minimum Gasteiger partial charge on any atom is -0.490 e. The Morgan fingerprint density at radius 1 is 1.00 bits per heavy atom. The van der Waals surface area contributed by atoms with Crippen LogP contribution in [0.2, 0.25) is 5.02 Å². The Labute approximate surface area is 149 Å². The highest BCUT2D eigenvalue weighted by Crippen LogP contribution is 2.32. The second-order valence-corrected chi connectivity index (χ2v) is 6.15. The molecule has 0 aliphatic heterocycles. The summed E-state index contributed by atoms with van der Waals surface area (Å²) in [6.45, 7) is 8.08. The minimum atomic E-state index is 0.417. The summed E-state index contributed by atoms with van der Waals surface area (Å²) in [4.78, 5) is 0. The molecule has 0 saturated heterocycles. The largest absolute Gasteiger partial charge is 0.490 e. The normalized spacial score (nSPS) is 12.0. The molecule has 0 aliphatic rings. The van der Waals surface area contributed by atoms with E-state index in [4.69, 9.17) is 21.1 Å². The number of rotatable bonds is 9. The van der Waals surface area contributed by atoms with Crippen molar-refractivity contribution in [3.8, 4) is 11.5 Å². The maximum atomic E-state index is 6.23. The molecule has 1 N–H and O–H groups in total. The van der Waals surface area contributed by atoms with Gasteiger partial charge >= 0.3 is 0 Å². The van der Waals surface area contributed by atoms with Gasteiger partial charge in [-0.1, -0.05) is 48.9 Å². The Morgan fingerprint density at radius 2 is 1.75 bits per heavy atom. The van der Waals surface area contributed by atoms with Crippen LogP contribution < -0.4 is 14.8 Å². The molecule has 130 valence electrons. The van der Waals surface area contributed by atoms with Crippen molar-refractivity contribution in [3.63, 3.8) is 0 Å². The van der Waals surface area contributed by atoms with Crippen LogP contribution in [0.15, 0.2) is 42.5 Å². The van der Waals surface area contributed by atoms with Crippen LogP contribution in [-0.2, 0) is 13.2 Å². The van der Waals surface area contributed by atoms with Crippen LogP contribution in [-0.4, -0.2) is 12.6 Å². The van der Waals surface area contributed by atoms with Crippen molar-refractivity contribution >= 4 is 11.6 Å². The van der Waals surface area contributed by atoms with E-state index < -0.39 is 0 Å². The van der Waals surface area contributed by atoms with E-state index in [1.165, 1.54) is 0 Å². The van der Waals surface area contributed by atoms with Gasteiger partial charge in [0.05, 0.1) is 6.61 Å². The summed E-state index contributed by atoms with van der Waals surface area (Å²) in [5.41, 5.74) is 2.06. The second-order valence-electron chi connectivity index (χ2n) is 5.75. The zero-order valence-corrected chi connectivity index (χ0v) is 15.4. The highest BCUT2D eigenvalue weighted by Gasteiger charge is 2.13. The zero-order chi connectivity index (χ0) is 17.4. The van der Waals surface area contributed by atoms with Gasteiger partial charge in [0.1, 0.15) is 6.61 Å². The van der Waals surface area contributed by atoms with Gasteiger partial charge in [0, 0.05) is 28.7 Å². The maximum absolute atomic E-state index is 6.23. The number of benzene rings is 2. The van der Waals surface area contributed by atoms with Gasteiger partial charge in [0.15, 0.2) is 11.5 Å². The van der Waals surface area contributed by atoms with Gasteiger partial charge in [0.2, 0.25) is 0 Å². The molecule has 0 unspecified atom stereocenters. The van der Waals surface area contributed by atoms with Crippen molar-refractivity contribution in [3.05, 3.63) is 58.6 Å². The molecule has 0 aliphatic carbocycles. The summed E-state index contributed by atoms with van der Waals surface area (Å²) in [5, 5.41) is 4.22. The predicted octanol–water partition coefficient (Wildman–Crippen LogP) is 5.21. The standard InChI is InChI=1S/C20H26ClNO2/c1-4-15(3)22-13-16-10-8-12-19(23-5-2)20(16)24-14-17-9-6-7-11-18(17)21/h6-12,15,22H,4-5,13-14H2,1-3H3/t15-/m1/s1. The first kappa shape index (κ1) is 18.6. The van der Waals surface area contributed by atoms with Crippen LogP contribution in [0.4, 0.5) is 0 Å². The molecule has 0 radical (unpaired) electrons. The lowest BCUT2D eigenvalue weighted by atomic mass is 10.1. The predicted molar refractivity (Wildman–Crippen MR) is 100.0 cm³/mol. The van der Waals surface area contributed by atoms with Gasteiger partial charge in [0.25, 0.3) is 0 Å². The van der Waals surface area contributed by atoms with E-state index in [1.54, 1.807) is 0 Å². The lowest BCUT2D eigenvalue weighted by Gasteiger charge is -2.18. The third kappa shape index (κ3) is 5.15. The Hall–Kier alpha value is -1.71. The van der Waals surface area contributed by atoms with E-state index in [1.807, 2.05) is 43.3 Å². The van der Waals surface area contributed by atoms with Gasteiger partial charge in [-0.15, -0.1) is 0 Å². The molecule has 24 heavy (non-hydrogen) atoms. The Balaban J connectivity index is 2.19. The molecule has 3 nitrogen and oxygen atoms in total. The number of ether oxygens (including phenoxy) is 2. The fraction of sp³-hybridized carbons (Fsp3) is 0.400. The van der Waals surface area contributed by atoms with Gasteiger partial charge in [-0.05, 0) is 32.4 Å². The fourth-order valence-electron chi connectivity index (χ4n) is 2.33. The van der Waals surface area contributed by atoms with Crippen molar-refractivity contribution in [2.75, 3.05) is 6.61 Å². The van der Waals surface area contributed by atoms with Gasteiger partial charge in [-0.3, -0.25) is 0 Å². The Kier molecular flexibility index (Phi) is 7.41. The summed E-state index contributed by atoms with van der Waals surface area (Å²) >= 11 is 6.23. The van der Waals surface area contributed by atoms with E-state index in [9.17, 15) is 0 Å².